The van der Waals surface area contributed by atoms with Gasteiger partial charge in [-0.2, -0.15) is 0 Å². The zero-order chi connectivity index (χ0) is 15.9. The number of nitrogens with one attached hydrogen (secondary N) is 2. The minimum Gasteiger partial charge on any atom is -0.372 e. The molecule has 0 atom stereocenters. The Balaban J connectivity index is 1.50. The maximum absolute atomic E-state index is 5.36. The smallest absolute Gasteiger partial charge is 0.171 e. The van der Waals surface area contributed by atoms with Crippen molar-refractivity contribution in [3.05, 3.63) is 60.2 Å². The van der Waals surface area contributed by atoms with Crippen molar-refractivity contribution in [1.29, 1.82) is 0 Å². The molecule has 0 radical (unpaired) electrons. The second-order valence-electron chi connectivity index (χ2n) is 5.89. The SMILES string of the molecule is S=C(NCc1ccccc1)Nc1ccc(N2CCCCC2)cc1. The van der Waals surface area contributed by atoms with Crippen molar-refractivity contribution in [1.82, 2.24) is 5.32 Å². The monoisotopic (exact) mass is 325 g/mol. The highest BCUT2D eigenvalue weighted by atomic mass is 32.1. The summed E-state index contributed by atoms with van der Waals surface area (Å²) >= 11 is 5.36. The summed E-state index contributed by atoms with van der Waals surface area (Å²) in [4.78, 5) is 2.46. The van der Waals surface area contributed by atoms with Crippen LogP contribution in [0.5, 0.6) is 0 Å². The van der Waals surface area contributed by atoms with Crippen LogP contribution < -0.4 is 15.5 Å². The number of nitrogens with zero attached hydrogens (tertiary/aromatic N) is 1. The molecule has 2 aromatic carbocycles. The molecule has 1 saturated heterocycles. The molecule has 0 spiro atoms. The summed E-state index contributed by atoms with van der Waals surface area (Å²) in [5, 5.41) is 7.13. The number of thiocarbonyl (C=S) groups is 1. The van der Waals surface area contributed by atoms with E-state index in [0.29, 0.717) is 5.11 Å². The van der Waals surface area contributed by atoms with Gasteiger partial charge in [-0.05, 0) is 61.3 Å². The Morgan fingerprint density at radius 1 is 0.913 bits per heavy atom. The van der Waals surface area contributed by atoms with Crippen LogP contribution in [-0.2, 0) is 6.54 Å². The molecule has 4 heteroatoms. The number of piperidine rings is 1. The number of benzene rings is 2. The summed E-state index contributed by atoms with van der Waals surface area (Å²) < 4.78 is 0. The van der Waals surface area contributed by atoms with Crippen LogP contribution in [-0.4, -0.2) is 18.2 Å². The number of anilines is 2. The van der Waals surface area contributed by atoms with Crippen LogP contribution in [0.2, 0.25) is 0 Å². The summed E-state index contributed by atoms with van der Waals surface area (Å²) in [6, 6.07) is 18.8. The average molecular weight is 325 g/mol. The fourth-order valence-corrected chi connectivity index (χ4v) is 3.05. The van der Waals surface area contributed by atoms with Gasteiger partial charge in [0.1, 0.15) is 0 Å². The Kier molecular flexibility index (Phi) is 5.48. The topological polar surface area (TPSA) is 27.3 Å². The maximum Gasteiger partial charge on any atom is 0.171 e. The Labute approximate surface area is 143 Å². The van der Waals surface area contributed by atoms with E-state index in [9.17, 15) is 0 Å². The van der Waals surface area contributed by atoms with Gasteiger partial charge in [0.25, 0.3) is 0 Å². The molecule has 1 aliphatic heterocycles. The van der Waals surface area contributed by atoms with Gasteiger partial charge in [0.2, 0.25) is 0 Å². The van der Waals surface area contributed by atoms with Crippen LogP contribution in [0, 0.1) is 0 Å². The van der Waals surface area contributed by atoms with E-state index in [1.807, 2.05) is 18.2 Å². The van der Waals surface area contributed by atoms with Gasteiger partial charge in [-0.3, -0.25) is 0 Å². The second-order valence-corrected chi connectivity index (χ2v) is 6.30. The molecule has 0 bridgehead atoms. The van der Waals surface area contributed by atoms with E-state index in [1.165, 1.54) is 43.6 Å². The van der Waals surface area contributed by atoms with E-state index in [2.05, 4.69) is 51.9 Å². The van der Waals surface area contributed by atoms with Crippen LogP contribution in [0.1, 0.15) is 24.8 Å². The highest BCUT2D eigenvalue weighted by Gasteiger charge is 2.10. The molecule has 1 heterocycles. The Bertz CT molecular complexity index is 619. The molecule has 1 fully saturated rings. The molecule has 2 aromatic rings. The Morgan fingerprint density at radius 2 is 1.61 bits per heavy atom. The molecule has 0 unspecified atom stereocenters. The molecule has 3 nitrogen and oxygen atoms in total. The molecule has 1 aliphatic rings. The number of hydrogen-bond donors (Lipinski definition) is 2. The molecule has 3 rings (SSSR count). The van der Waals surface area contributed by atoms with Crippen molar-refractivity contribution >= 4 is 28.7 Å². The molecule has 0 aromatic heterocycles. The zero-order valence-corrected chi connectivity index (χ0v) is 14.1. The Hall–Kier alpha value is -2.07. The summed E-state index contributed by atoms with van der Waals surface area (Å²) in [6.45, 7) is 3.08. The molecule has 23 heavy (non-hydrogen) atoms. The highest BCUT2D eigenvalue weighted by Crippen LogP contribution is 2.21. The number of rotatable bonds is 4. The van der Waals surface area contributed by atoms with E-state index >= 15 is 0 Å². The maximum atomic E-state index is 5.36. The summed E-state index contributed by atoms with van der Waals surface area (Å²) in [5.74, 6) is 0. The van der Waals surface area contributed by atoms with Crippen molar-refractivity contribution in [3.63, 3.8) is 0 Å². The minimum absolute atomic E-state index is 0.652. The first-order chi connectivity index (χ1) is 11.3. The lowest BCUT2D eigenvalue weighted by molar-refractivity contribution is 0.578. The number of hydrogen-bond acceptors (Lipinski definition) is 2. The predicted octanol–water partition coefficient (Wildman–Crippen LogP) is 4.16. The largest absolute Gasteiger partial charge is 0.372 e. The summed E-state index contributed by atoms with van der Waals surface area (Å²) in [7, 11) is 0. The van der Waals surface area contributed by atoms with Crippen molar-refractivity contribution in [3.8, 4) is 0 Å². The lowest BCUT2D eigenvalue weighted by atomic mass is 10.1. The zero-order valence-electron chi connectivity index (χ0n) is 13.3. The standard InChI is InChI=1S/C19H23N3S/c23-19(20-15-16-7-3-1-4-8-16)21-17-9-11-18(12-10-17)22-13-5-2-6-14-22/h1,3-4,7-12H,2,5-6,13-15H2,(H2,20,21,23). The van der Waals surface area contributed by atoms with E-state index in [-0.39, 0.29) is 0 Å². The summed E-state index contributed by atoms with van der Waals surface area (Å²) in [5.41, 5.74) is 3.55. The third kappa shape index (κ3) is 4.70. The van der Waals surface area contributed by atoms with Crippen LogP contribution >= 0.6 is 12.2 Å². The van der Waals surface area contributed by atoms with E-state index < -0.39 is 0 Å². The average Bonchev–Trinajstić information content (AvgIpc) is 2.62. The molecule has 120 valence electrons. The Morgan fingerprint density at radius 3 is 2.30 bits per heavy atom. The van der Waals surface area contributed by atoms with Crippen LogP contribution in [0.25, 0.3) is 0 Å². The van der Waals surface area contributed by atoms with Crippen LogP contribution in [0.15, 0.2) is 54.6 Å². The molecule has 0 amide bonds. The van der Waals surface area contributed by atoms with Gasteiger partial charge in [0, 0.05) is 31.0 Å². The van der Waals surface area contributed by atoms with Gasteiger partial charge in [-0.1, -0.05) is 30.3 Å². The van der Waals surface area contributed by atoms with Gasteiger partial charge < -0.3 is 15.5 Å². The third-order valence-electron chi connectivity index (χ3n) is 4.14. The summed E-state index contributed by atoms with van der Waals surface area (Å²) in [6.07, 6.45) is 3.96. The quantitative estimate of drug-likeness (QED) is 0.825. The molecular formula is C19H23N3S. The van der Waals surface area contributed by atoms with Crippen molar-refractivity contribution in [2.75, 3.05) is 23.3 Å². The van der Waals surface area contributed by atoms with Crippen LogP contribution in [0.4, 0.5) is 11.4 Å². The minimum atomic E-state index is 0.652. The fraction of sp³-hybridized carbons (Fsp3) is 0.316. The van der Waals surface area contributed by atoms with Crippen LogP contribution in [0.3, 0.4) is 0 Å². The van der Waals surface area contributed by atoms with Crippen molar-refractivity contribution in [2.24, 2.45) is 0 Å². The van der Waals surface area contributed by atoms with Gasteiger partial charge in [-0.15, -0.1) is 0 Å². The predicted molar refractivity (Wildman–Crippen MR) is 102 cm³/mol. The second kappa shape index (κ2) is 7.97. The van der Waals surface area contributed by atoms with Gasteiger partial charge >= 0.3 is 0 Å². The normalized spacial score (nSPS) is 14.3. The lowest BCUT2D eigenvalue weighted by Crippen LogP contribution is -2.29. The fourth-order valence-electron chi connectivity index (χ4n) is 2.86. The van der Waals surface area contributed by atoms with E-state index in [4.69, 9.17) is 12.2 Å². The molecular weight excluding hydrogens is 302 g/mol. The van der Waals surface area contributed by atoms with Crippen molar-refractivity contribution in [2.45, 2.75) is 25.8 Å². The highest BCUT2D eigenvalue weighted by molar-refractivity contribution is 7.80. The third-order valence-corrected chi connectivity index (χ3v) is 4.39. The van der Waals surface area contributed by atoms with E-state index in [1.54, 1.807) is 0 Å². The molecule has 2 N–H and O–H groups in total. The lowest BCUT2D eigenvalue weighted by Gasteiger charge is -2.28. The van der Waals surface area contributed by atoms with Gasteiger partial charge in [0.15, 0.2) is 5.11 Å². The first kappa shape index (κ1) is 15.8. The van der Waals surface area contributed by atoms with Gasteiger partial charge in [-0.25, -0.2) is 0 Å². The first-order valence-electron chi connectivity index (χ1n) is 8.25. The van der Waals surface area contributed by atoms with Gasteiger partial charge in [0.05, 0.1) is 0 Å². The van der Waals surface area contributed by atoms with Crippen molar-refractivity contribution < 1.29 is 0 Å². The molecule has 0 aliphatic carbocycles. The van der Waals surface area contributed by atoms with E-state index in [0.717, 1.165) is 12.2 Å². The first-order valence-corrected chi connectivity index (χ1v) is 8.66. The molecule has 0 saturated carbocycles.